The quantitative estimate of drug-likeness (QED) is 0.719. The molecule has 0 atom stereocenters. The van der Waals surface area contributed by atoms with Gasteiger partial charge in [-0.3, -0.25) is 0 Å². The summed E-state index contributed by atoms with van der Waals surface area (Å²) in [6.07, 6.45) is 2.02. The fourth-order valence-electron chi connectivity index (χ4n) is 2.13. The van der Waals surface area contributed by atoms with E-state index >= 15 is 0 Å². The SMILES string of the molecule is CCc1ccc(OCCCNc2ccc(Cl)cc2C)cc1. The van der Waals surface area contributed by atoms with E-state index in [0.29, 0.717) is 6.61 Å². The lowest BCUT2D eigenvalue weighted by molar-refractivity contribution is 0.315. The van der Waals surface area contributed by atoms with Gasteiger partial charge in [-0.15, -0.1) is 0 Å². The molecule has 0 aliphatic rings. The summed E-state index contributed by atoms with van der Waals surface area (Å²) in [5.74, 6) is 0.940. The number of rotatable bonds is 7. The van der Waals surface area contributed by atoms with Crippen LogP contribution in [0.15, 0.2) is 42.5 Å². The van der Waals surface area contributed by atoms with E-state index in [2.05, 4.69) is 31.3 Å². The van der Waals surface area contributed by atoms with E-state index in [1.165, 1.54) is 11.1 Å². The van der Waals surface area contributed by atoms with E-state index in [1.54, 1.807) is 0 Å². The molecule has 0 heterocycles. The summed E-state index contributed by atoms with van der Waals surface area (Å²) in [4.78, 5) is 0. The first-order chi connectivity index (χ1) is 10.2. The van der Waals surface area contributed by atoms with Gasteiger partial charge in [-0.2, -0.15) is 0 Å². The molecule has 0 bridgehead atoms. The van der Waals surface area contributed by atoms with E-state index in [1.807, 2.05) is 30.3 Å². The first kappa shape index (κ1) is 15.7. The van der Waals surface area contributed by atoms with Gasteiger partial charge in [-0.1, -0.05) is 30.7 Å². The highest BCUT2D eigenvalue weighted by Crippen LogP contribution is 2.19. The zero-order chi connectivity index (χ0) is 15.1. The second-order valence-electron chi connectivity index (χ2n) is 5.09. The van der Waals surface area contributed by atoms with Crippen LogP contribution in [0.2, 0.25) is 5.02 Å². The number of nitrogens with one attached hydrogen (secondary N) is 1. The second kappa shape index (κ2) is 7.94. The van der Waals surface area contributed by atoms with Crippen molar-refractivity contribution in [3.63, 3.8) is 0 Å². The highest BCUT2D eigenvalue weighted by molar-refractivity contribution is 6.30. The summed E-state index contributed by atoms with van der Waals surface area (Å²) in [5, 5.41) is 4.18. The monoisotopic (exact) mass is 303 g/mol. The highest BCUT2D eigenvalue weighted by Gasteiger charge is 1.99. The number of ether oxygens (including phenoxy) is 1. The minimum absolute atomic E-state index is 0.713. The van der Waals surface area contributed by atoms with E-state index in [0.717, 1.165) is 35.8 Å². The molecule has 2 aromatic rings. The van der Waals surface area contributed by atoms with Crippen molar-refractivity contribution in [2.45, 2.75) is 26.7 Å². The molecular formula is C18H22ClNO. The summed E-state index contributed by atoms with van der Waals surface area (Å²) in [5.41, 5.74) is 3.63. The Hall–Kier alpha value is -1.67. The van der Waals surface area contributed by atoms with Crippen molar-refractivity contribution in [1.82, 2.24) is 0 Å². The maximum absolute atomic E-state index is 5.94. The zero-order valence-corrected chi connectivity index (χ0v) is 13.4. The van der Waals surface area contributed by atoms with E-state index in [4.69, 9.17) is 16.3 Å². The molecule has 2 rings (SSSR count). The van der Waals surface area contributed by atoms with Crippen LogP contribution in [0.1, 0.15) is 24.5 Å². The molecule has 0 aliphatic heterocycles. The molecule has 0 fully saturated rings. The van der Waals surface area contributed by atoms with Gasteiger partial charge >= 0.3 is 0 Å². The lowest BCUT2D eigenvalue weighted by Crippen LogP contribution is -2.08. The van der Waals surface area contributed by atoms with Gasteiger partial charge in [-0.05, 0) is 61.2 Å². The van der Waals surface area contributed by atoms with Gasteiger partial charge in [0.05, 0.1) is 6.61 Å². The van der Waals surface area contributed by atoms with Crippen molar-refractivity contribution in [2.24, 2.45) is 0 Å². The van der Waals surface area contributed by atoms with Crippen LogP contribution in [0.25, 0.3) is 0 Å². The molecule has 0 radical (unpaired) electrons. The number of hydrogen-bond donors (Lipinski definition) is 1. The van der Waals surface area contributed by atoms with Gasteiger partial charge in [0.25, 0.3) is 0 Å². The molecule has 0 saturated heterocycles. The van der Waals surface area contributed by atoms with Crippen LogP contribution in [0.4, 0.5) is 5.69 Å². The first-order valence-corrected chi connectivity index (χ1v) is 7.78. The Morgan fingerprint density at radius 1 is 1.10 bits per heavy atom. The summed E-state index contributed by atoms with van der Waals surface area (Å²) in [7, 11) is 0. The molecule has 0 unspecified atom stereocenters. The summed E-state index contributed by atoms with van der Waals surface area (Å²) < 4.78 is 5.73. The minimum Gasteiger partial charge on any atom is -0.494 e. The molecule has 112 valence electrons. The van der Waals surface area contributed by atoms with E-state index in [9.17, 15) is 0 Å². The molecule has 0 spiro atoms. The third kappa shape index (κ3) is 4.98. The Morgan fingerprint density at radius 3 is 2.52 bits per heavy atom. The van der Waals surface area contributed by atoms with E-state index in [-0.39, 0.29) is 0 Å². The molecule has 0 saturated carbocycles. The molecule has 2 nitrogen and oxygen atoms in total. The highest BCUT2D eigenvalue weighted by atomic mass is 35.5. The lowest BCUT2D eigenvalue weighted by atomic mass is 10.2. The van der Waals surface area contributed by atoms with Crippen molar-refractivity contribution >= 4 is 17.3 Å². The number of anilines is 1. The normalized spacial score (nSPS) is 10.4. The van der Waals surface area contributed by atoms with Gasteiger partial charge in [-0.25, -0.2) is 0 Å². The van der Waals surface area contributed by atoms with Crippen LogP contribution in [-0.4, -0.2) is 13.2 Å². The topological polar surface area (TPSA) is 21.3 Å². The van der Waals surface area contributed by atoms with Crippen molar-refractivity contribution in [3.05, 3.63) is 58.6 Å². The van der Waals surface area contributed by atoms with Gasteiger partial charge < -0.3 is 10.1 Å². The Kier molecular flexibility index (Phi) is 5.94. The summed E-state index contributed by atoms with van der Waals surface area (Å²) >= 11 is 5.94. The van der Waals surface area contributed by atoms with E-state index < -0.39 is 0 Å². The molecule has 2 aromatic carbocycles. The number of benzene rings is 2. The molecule has 3 heteroatoms. The number of aryl methyl sites for hydroxylation is 2. The maximum Gasteiger partial charge on any atom is 0.119 e. The zero-order valence-electron chi connectivity index (χ0n) is 12.7. The van der Waals surface area contributed by atoms with Crippen molar-refractivity contribution in [1.29, 1.82) is 0 Å². The molecule has 0 aromatic heterocycles. The minimum atomic E-state index is 0.713. The smallest absolute Gasteiger partial charge is 0.119 e. The average molecular weight is 304 g/mol. The fourth-order valence-corrected chi connectivity index (χ4v) is 2.36. The maximum atomic E-state index is 5.94. The standard InChI is InChI=1S/C18H22ClNO/c1-3-15-5-8-17(9-6-15)21-12-4-11-20-18-10-7-16(19)13-14(18)2/h5-10,13,20H,3-4,11-12H2,1-2H3. The lowest BCUT2D eigenvalue weighted by Gasteiger charge is -2.10. The van der Waals surface area contributed by atoms with Crippen LogP contribution in [0.3, 0.4) is 0 Å². The molecule has 0 amide bonds. The fraction of sp³-hybridized carbons (Fsp3) is 0.333. The van der Waals surface area contributed by atoms with Crippen LogP contribution < -0.4 is 10.1 Å². The average Bonchev–Trinajstić information content (AvgIpc) is 2.49. The van der Waals surface area contributed by atoms with Crippen LogP contribution >= 0.6 is 11.6 Å². The van der Waals surface area contributed by atoms with Crippen LogP contribution in [0.5, 0.6) is 5.75 Å². The molecule has 1 N–H and O–H groups in total. The van der Waals surface area contributed by atoms with Gasteiger partial charge in [0, 0.05) is 17.3 Å². The van der Waals surface area contributed by atoms with Crippen LogP contribution in [-0.2, 0) is 6.42 Å². The second-order valence-corrected chi connectivity index (χ2v) is 5.52. The summed E-state index contributed by atoms with van der Waals surface area (Å²) in [6, 6.07) is 14.2. The third-order valence-corrected chi connectivity index (χ3v) is 3.66. The predicted octanol–water partition coefficient (Wildman–Crippen LogP) is 5.09. The first-order valence-electron chi connectivity index (χ1n) is 7.41. The Balaban J connectivity index is 1.69. The van der Waals surface area contributed by atoms with Crippen molar-refractivity contribution < 1.29 is 4.74 Å². The predicted molar refractivity (Wildman–Crippen MR) is 90.6 cm³/mol. The molecule has 0 aliphatic carbocycles. The van der Waals surface area contributed by atoms with Gasteiger partial charge in [0.15, 0.2) is 0 Å². The third-order valence-electron chi connectivity index (χ3n) is 3.43. The van der Waals surface area contributed by atoms with Crippen LogP contribution in [0, 0.1) is 6.92 Å². The van der Waals surface area contributed by atoms with Crippen molar-refractivity contribution in [2.75, 3.05) is 18.5 Å². The Morgan fingerprint density at radius 2 is 1.86 bits per heavy atom. The number of halogens is 1. The largest absolute Gasteiger partial charge is 0.494 e. The Labute approximate surface area is 132 Å². The van der Waals surface area contributed by atoms with Gasteiger partial charge in [0.1, 0.15) is 5.75 Å². The molecular weight excluding hydrogens is 282 g/mol. The summed E-state index contributed by atoms with van der Waals surface area (Å²) in [6.45, 7) is 5.81. The Bertz CT molecular complexity index is 566. The molecule has 21 heavy (non-hydrogen) atoms. The number of hydrogen-bond acceptors (Lipinski definition) is 2. The van der Waals surface area contributed by atoms with Crippen molar-refractivity contribution in [3.8, 4) is 5.75 Å². The van der Waals surface area contributed by atoms with Gasteiger partial charge in [0.2, 0.25) is 0 Å².